The van der Waals surface area contributed by atoms with Gasteiger partial charge in [0.25, 0.3) is 0 Å². The molecular weight excluding hydrogens is 492 g/mol. The average Bonchev–Trinajstić information content (AvgIpc) is 3.38. The number of ether oxygens (including phenoxy) is 2. The normalized spacial score (nSPS) is 43.2. The highest BCUT2D eigenvalue weighted by molar-refractivity contribution is 7.99. The van der Waals surface area contributed by atoms with Gasteiger partial charge < -0.3 is 30.1 Å². The first-order valence-electron chi connectivity index (χ1n) is 13.2. The summed E-state index contributed by atoms with van der Waals surface area (Å²) < 4.78 is 12.4. The fraction of sp³-hybridized carbons (Fsp3) is 0.960. The van der Waals surface area contributed by atoms with Crippen LogP contribution in [-0.2, 0) is 14.3 Å². The molecular formula is C25H43ClN2O6S. The molecule has 4 rings (SSSR count). The van der Waals surface area contributed by atoms with Crippen LogP contribution >= 0.6 is 23.4 Å². The number of aliphatic hydroxyl groups excluding tert-OH is 3. The smallest absolute Gasteiger partial charge is 0.240 e. The number of hydrogen-bond acceptors (Lipinski definition) is 8. The lowest BCUT2D eigenvalue weighted by Crippen LogP contribution is -2.56. The van der Waals surface area contributed by atoms with Crippen molar-refractivity contribution in [2.24, 2.45) is 17.8 Å². The second-order valence-electron chi connectivity index (χ2n) is 11.1. The standard InChI is InChI=1S/C25H43ClN2O6S/c1-13(26)19(18-11-17(29)21(30)22(31)25(34-18)35-3)27-24(32)20-23-16(12-28(20)2)10-15(8-9-33-23)14-6-4-5-7-14/h13-23,25,29-31H,4-12H2,1-3H3,(H,27,32)/t13-,15+,16-,17?,18?,19+,20-,21?,22+,23+,25?/m0/s1. The first-order valence-corrected chi connectivity index (χ1v) is 14.9. The Morgan fingerprint density at radius 2 is 1.80 bits per heavy atom. The van der Waals surface area contributed by atoms with Gasteiger partial charge in [0.05, 0.1) is 29.7 Å². The van der Waals surface area contributed by atoms with Gasteiger partial charge in [-0.1, -0.05) is 25.7 Å². The molecule has 8 nitrogen and oxygen atoms in total. The number of nitrogens with zero attached hydrogens (tertiary/aromatic N) is 1. The minimum atomic E-state index is -1.33. The maximum absolute atomic E-state index is 13.7. The Morgan fingerprint density at radius 3 is 2.46 bits per heavy atom. The lowest BCUT2D eigenvalue weighted by Gasteiger charge is -2.34. The number of hydrogen-bond donors (Lipinski definition) is 4. The average molecular weight is 535 g/mol. The van der Waals surface area contributed by atoms with E-state index in [9.17, 15) is 20.1 Å². The number of likely N-dealkylation sites (tertiary alicyclic amines) is 1. The quantitative estimate of drug-likeness (QED) is 0.380. The fourth-order valence-electron chi connectivity index (χ4n) is 6.85. The van der Waals surface area contributed by atoms with Crippen molar-refractivity contribution >= 4 is 29.3 Å². The zero-order valence-corrected chi connectivity index (χ0v) is 22.7. The van der Waals surface area contributed by atoms with Crippen molar-refractivity contribution in [2.45, 2.75) is 105 Å². The van der Waals surface area contributed by atoms with Gasteiger partial charge >= 0.3 is 0 Å². The van der Waals surface area contributed by atoms with Crippen LogP contribution < -0.4 is 5.32 Å². The lowest BCUT2D eigenvalue weighted by atomic mass is 9.81. The first kappa shape index (κ1) is 27.9. The molecule has 35 heavy (non-hydrogen) atoms. The van der Waals surface area contributed by atoms with Gasteiger partial charge in [0.2, 0.25) is 5.91 Å². The van der Waals surface area contributed by atoms with Crippen LogP contribution in [0.4, 0.5) is 0 Å². The fourth-order valence-corrected chi connectivity index (χ4v) is 7.77. The molecule has 0 bridgehead atoms. The third-order valence-corrected chi connectivity index (χ3v) is 9.88. The Balaban J connectivity index is 1.45. The molecule has 1 amide bonds. The molecule has 1 saturated carbocycles. The topological polar surface area (TPSA) is 111 Å². The third kappa shape index (κ3) is 6.14. The summed E-state index contributed by atoms with van der Waals surface area (Å²) in [7, 11) is 1.98. The van der Waals surface area contributed by atoms with Crippen LogP contribution in [-0.4, -0.2) is 106 Å². The number of halogens is 1. The molecule has 3 saturated heterocycles. The number of carbonyl (C=O) groups excluding carboxylic acids is 1. The molecule has 11 atom stereocenters. The molecule has 0 radical (unpaired) electrons. The maximum Gasteiger partial charge on any atom is 0.240 e. The molecule has 0 aromatic heterocycles. The number of alkyl halides is 1. The predicted molar refractivity (Wildman–Crippen MR) is 136 cm³/mol. The van der Waals surface area contributed by atoms with Gasteiger partial charge in [-0.15, -0.1) is 23.4 Å². The summed E-state index contributed by atoms with van der Waals surface area (Å²) in [5.74, 6) is 1.66. The van der Waals surface area contributed by atoms with E-state index < -0.39 is 47.3 Å². The van der Waals surface area contributed by atoms with E-state index in [4.69, 9.17) is 21.1 Å². The van der Waals surface area contributed by atoms with Crippen molar-refractivity contribution < 1.29 is 29.6 Å². The molecule has 4 N–H and O–H groups in total. The Labute approximate surface area is 218 Å². The molecule has 1 aliphatic carbocycles. The number of rotatable bonds is 6. The van der Waals surface area contributed by atoms with Crippen molar-refractivity contribution in [3.8, 4) is 0 Å². The number of likely N-dealkylation sites (N-methyl/N-ethyl adjacent to an activating group) is 1. The van der Waals surface area contributed by atoms with E-state index in [0.29, 0.717) is 18.4 Å². The predicted octanol–water partition coefficient (Wildman–Crippen LogP) is 1.57. The van der Waals surface area contributed by atoms with E-state index in [-0.39, 0.29) is 18.4 Å². The van der Waals surface area contributed by atoms with Gasteiger partial charge in [0.1, 0.15) is 23.7 Å². The van der Waals surface area contributed by atoms with Crippen molar-refractivity contribution in [2.75, 3.05) is 26.5 Å². The molecule has 10 heteroatoms. The van der Waals surface area contributed by atoms with Crippen LogP contribution in [0, 0.1) is 17.8 Å². The monoisotopic (exact) mass is 534 g/mol. The minimum absolute atomic E-state index is 0.0589. The van der Waals surface area contributed by atoms with Gasteiger partial charge in [0, 0.05) is 25.5 Å². The third-order valence-electron chi connectivity index (χ3n) is 8.76. The zero-order chi connectivity index (χ0) is 25.3. The van der Waals surface area contributed by atoms with E-state index >= 15 is 0 Å². The highest BCUT2D eigenvalue weighted by Crippen LogP contribution is 2.42. The van der Waals surface area contributed by atoms with Crippen molar-refractivity contribution in [1.29, 1.82) is 0 Å². The first-order chi connectivity index (χ1) is 16.7. The van der Waals surface area contributed by atoms with Crippen molar-refractivity contribution in [1.82, 2.24) is 10.2 Å². The zero-order valence-electron chi connectivity index (χ0n) is 21.1. The van der Waals surface area contributed by atoms with Crippen LogP contribution in [0.2, 0.25) is 0 Å². The second kappa shape index (κ2) is 12.2. The molecule has 3 heterocycles. The van der Waals surface area contributed by atoms with Crippen LogP contribution in [0.15, 0.2) is 0 Å². The number of aliphatic hydroxyl groups is 3. The molecule has 3 aliphatic heterocycles. The molecule has 0 aromatic rings. The molecule has 4 fully saturated rings. The van der Waals surface area contributed by atoms with Gasteiger partial charge in [-0.25, -0.2) is 0 Å². The largest absolute Gasteiger partial charge is 0.390 e. The maximum atomic E-state index is 13.7. The molecule has 202 valence electrons. The molecule has 0 aromatic carbocycles. The number of amides is 1. The Hall–Kier alpha value is -0.130. The number of nitrogens with one attached hydrogen (secondary N) is 1. The summed E-state index contributed by atoms with van der Waals surface area (Å²) in [4.78, 5) is 15.7. The summed E-state index contributed by atoms with van der Waals surface area (Å²) in [6.07, 6.45) is 4.78. The number of thioether (sulfide) groups is 1. The van der Waals surface area contributed by atoms with Gasteiger partial charge in [-0.05, 0) is 44.9 Å². The Kier molecular flexibility index (Phi) is 9.69. The number of carbonyl (C=O) groups is 1. The van der Waals surface area contributed by atoms with Crippen molar-refractivity contribution in [3.63, 3.8) is 0 Å². The summed E-state index contributed by atoms with van der Waals surface area (Å²) in [5.41, 5.74) is -0.738. The summed E-state index contributed by atoms with van der Waals surface area (Å²) in [5, 5.41) is 33.7. The van der Waals surface area contributed by atoms with Crippen LogP contribution in [0.25, 0.3) is 0 Å². The van der Waals surface area contributed by atoms with Crippen LogP contribution in [0.5, 0.6) is 0 Å². The van der Waals surface area contributed by atoms with Crippen LogP contribution in [0.1, 0.15) is 51.9 Å². The van der Waals surface area contributed by atoms with Gasteiger partial charge in [0.15, 0.2) is 0 Å². The summed E-state index contributed by atoms with van der Waals surface area (Å²) in [6, 6.07) is -1.01. The van der Waals surface area contributed by atoms with E-state index in [1.165, 1.54) is 37.4 Å². The molecule has 4 aliphatic rings. The van der Waals surface area contributed by atoms with Crippen molar-refractivity contribution in [3.05, 3.63) is 0 Å². The molecule has 4 unspecified atom stereocenters. The Morgan fingerprint density at radius 1 is 1.09 bits per heavy atom. The van der Waals surface area contributed by atoms with Gasteiger partial charge in [-0.2, -0.15) is 0 Å². The SMILES string of the molecule is CSC1OC([C@H](NC(=O)[C@@H]2[C@@H]3OCC[C@@H](C4CCCC4)C[C@H]3CN2C)[C@H](C)Cl)CC(O)C(O)[C@H]1O. The highest BCUT2D eigenvalue weighted by atomic mass is 35.5. The second-order valence-corrected chi connectivity index (χ2v) is 12.7. The summed E-state index contributed by atoms with van der Waals surface area (Å²) in [6.45, 7) is 3.31. The number of fused-ring (bicyclic) bond motifs is 1. The minimum Gasteiger partial charge on any atom is -0.390 e. The van der Waals surface area contributed by atoms with E-state index in [2.05, 4.69) is 10.2 Å². The van der Waals surface area contributed by atoms with E-state index in [1.807, 2.05) is 7.05 Å². The van der Waals surface area contributed by atoms with Gasteiger partial charge in [-0.3, -0.25) is 9.69 Å². The van der Waals surface area contributed by atoms with E-state index in [1.54, 1.807) is 13.2 Å². The summed E-state index contributed by atoms with van der Waals surface area (Å²) >= 11 is 7.78. The van der Waals surface area contributed by atoms with E-state index in [0.717, 1.165) is 25.3 Å². The molecule has 0 spiro atoms. The highest BCUT2D eigenvalue weighted by Gasteiger charge is 2.49. The Bertz CT molecular complexity index is 713. The lowest BCUT2D eigenvalue weighted by molar-refractivity contribution is -0.131. The van der Waals surface area contributed by atoms with Crippen LogP contribution in [0.3, 0.4) is 0 Å².